The molecule has 0 N–H and O–H groups in total. The molecule has 0 spiro atoms. The SMILES string of the molecule is CC(C)(C)c1ccc2nc3c(n2c1)N(c1cccc2c1oc1ccccc12)c1cccc2c1B3c1ccc(N(c3ccccc3)c3ccccc3)cc1N2c1cccc2c1oc1ccccc12. The second-order valence-electron chi connectivity index (χ2n) is 18.8. The van der Waals surface area contributed by atoms with Crippen molar-refractivity contribution < 1.29 is 8.83 Å². The van der Waals surface area contributed by atoms with Gasteiger partial charge in [-0.3, -0.25) is 9.30 Å². The molecule has 0 atom stereocenters. The van der Waals surface area contributed by atoms with Gasteiger partial charge in [-0.05, 0) is 101 Å². The zero-order chi connectivity index (χ0) is 44.5. The molecule has 318 valence electrons. The molecule has 67 heavy (non-hydrogen) atoms. The van der Waals surface area contributed by atoms with Crippen LogP contribution in [-0.2, 0) is 5.41 Å². The minimum Gasteiger partial charge on any atom is -0.454 e. The fraction of sp³-hybridized carbons (Fsp3) is 0.0678. The fourth-order valence-electron chi connectivity index (χ4n) is 10.9. The number of rotatable bonds is 5. The zero-order valence-corrected chi connectivity index (χ0v) is 37.2. The van der Waals surface area contributed by atoms with Gasteiger partial charge in [0, 0.05) is 61.9 Å². The summed E-state index contributed by atoms with van der Waals surface area (Å²) in [5, 5.41) is 4.32. The molecule has 7 nitrogen and oxygen atoms in total. The van der Waals surface area contributed by atoms with E-state index in [1.54, 1.807) is 0 Å². The number of hydrogen-bond donors (Lipinski definition) is 0. The highest BCUT2D eigenvalue weighted by atomic mass is 16.3. The van der Waals surface area contributed by atoms with Crippen LogP contribution in [0.4, 0.5) is 51.3 Å². The molecule has 14 rings (SSSR count). The summed E-state index contributed by atoms with van der Waals surface area (Å²) >= 11 is 0. The number of hydrogen-bond acceptors (Lipinski definition) is 6. The summed E-state index contributed by atoms with van der Waals surface area (Å²) in [6.07, 6.45) is 2.29. The van der Waals surface area contributed by atoms with E-state index in [9.17, 15) is 0 Å². The second-order valence-corrected chi connectivity index (χ2v) is 18.8. The van der Waals surface area contributed by atoms with Crippen LogP contribution < -0.4 is 31.2 Å². The van der Waals surface area contributed by atoms with Crippen molar-refractivity contribution in [1.29, 1.82) is 0 Å². The van der Waals surface area contributed by atoms with Crippen LogP contribution >= 0.6 is 0 Å². The topological polar surface area (TPSA) is 53.3 Å². The van der Waals surface area contributed by atoms with Gasteiger partial charge in [-0.25, -0.2) is 4.98 Å². The number of pyridine rings is 1. The van der Waals surface area contributed by atoms with E-state index in [0.29, 0.717) is 0 Å². The Labute approximate surface area is 387 Å². The van der Waals surface area contributed by atoms with Gasteiger partial charge in [0.15, 0.2) is 11.2 Å². The first-order valence-electron chi connectivity index (χ1n) is 23.0. The van der Waals surface area contributed by atoms with Gasteiger partial charge in [0.05, 0.1) is 17.0 Å². The van der Waals surface area contributed by atoms with Gasteiger partial charge in [-0.2, -0.15) is 0 Å². The quantitative estimate of drug-likeness (QED) is 0.161. The van der Waals surface area contributed by atoms with Crippen LogP contribution in [0.2, 0.25) is 0 Å². The lowest BCUT2D eigenvalue weighted by Gasteiger charge is -2.42. The Hall–Kier alpha value is -8.49. The number of anilines is 9. The predicted octanol–water partition coefficient (Wildman–Crippen LogP) is 14.0. The van der Waals surface area contributed by atoms with Crippen molar-refractivity contribution in [1.82, 2.24) is 9.38 Å². The van der Waals surface area contributed by atoms with Crippen molar-refractivity contribution >= 4 is 124 Å². The standard InChI is InChI=1S/C59H42BN5O2/c1-59(2,3)37-31-34-53-61-57-58(62(53)36-37)65(49-28-15-24-44-42-22-11-13-30-52(42)67-56(44)49)47-26-16-25-46-54(47)60(57)45-33-32-40(63(38-17-6-4-7-18-38)39-19-8-5-9-20-39)35-50(45)64(46)48-27-14-23-43-41-21-10-12-29-51(41)66-55(43)48/h4-36H,1-3H3. The molecule has 0 saturated heterocycles. The first-order valence-corrected chi connectivity index (χ1v) is 23.0. The number of aromatic nitrogens is 2. The lowest BCUT2D eigenvalue weighted by molar-refractivity contribution is 0.586. The molecule has 2 aliphatic heterocycles. The van der Waals surface area contributed by atoms with Gasteiger partial charge in [0.1, 0.15) is 22.6 Å². The highest BCUT2D eigenvalue weighted by molar-refractivity contribution is 7.00. The van der Waals surface area contributed by atoms with Crippen molar-refractivity contribution in [2.24, 2.45) is 0 Å². The maximum Gasteiger partial charge on any atom is 0.277 e. The third kappa shape index (κ3) is 5.50. The van der Waals surface area contributed by atoms with Crippen molar-refractivity contribution in [2.75, 3.05) is 14.7 Å². The summed E-state index contributed by atoms with van der Waals surface area (Å²) in [5.74, 6) is 1.00. The lowest BCUT2D eigenvalue weighted by Crippen LogP contribution is -2.61. The maximum atomic E-state index is 6.89. The molecule has 8 aromatic carbocycles. The molecule has 6 heterocycles. The Bertz CT molecular complexity index is 3920. The molecule has 4 aromatic heterocycles. The van der Waals surface area contributed by atoms with E-state index in [2.05, 4.69) is 228 Å². The van der Waals surface area contributed by atoms with Crippen LogP contribution in [0.5, 0.6) is 0 Å². The smallest absolute Gasteiger partial charge is 0.277 e. The normalized spacial score (nSPS) is 13.2. The highest BCUT2D eigenvalue weighted by Gasteiger charge is 2.47. The number of benzene rings is 8. The molecule has 0 amide bonds. The predicted molar refractivity (Wildman–Crippen MR) is 277 cm³/mol. The van der Waals surface area contributed by atoms with Crippen molar-refractivity contribution in [3.8, 4) is 0 Å². The highest BCUT2D eigenvalue weighted by Crippen LogP contribution is 2.50. The first-order chi connectivity index (χ1) is 32.9. The Balaban J connectivity index is 1.10. The van der Waals surface area contributed by atoms with Crippen LogP contribution in [-0.4, -0.2) is 16.1 Å². The summed E-state index contributed by atoms with van der Waals surface area (Å²) in [6.45, 7) is 6.59. The maximum absolute atomic E-state index is 6.89. The van der Waals surface area contributed by atoms with Crippen LogP contribution in [0, 0.1) is 0 Å². The minimum atomic E-state index is -0.220. The van der Waals surface area contributed by atoms with E-state index in [1.807, 2.05) is 12.1 Å². The molecule has 0 saturated carbocycles. The summed E-state index contributed by atoms with van der Waals surface area (Å²) in [6, 6.07) is 69.1. The third-order valence-electron chi connectivity index (χ3n) is 13.9. The molecule has 0 bridgehead atoms. The van der Waals surface area contributed by atoms with Crippen LogP contribution in [0.25, 0.3) is 49.5 Å². The average molecular weight is 864 g/mol. The van der Waals surface area contributed by atoms with Gasteiger partial charge < -0.3 is 18.6 Å². The number of fused-ring (bicyclic) bond motifs is 12. The Morgan fingerprint density at radius 2 is 1.01 bits per heavy atom. The third-order valence-corrected chi connectivity index (χ3v) is 13.9. The monoisotopic (exact) mass is 863 g/mol. The molecule has 2 aliphatic rings. The molecular formula is C59H42BN5O2. The van der Waals surface area contributed by atoms with Crippen LogP contribution in [0.1, 0.15) is 26.3 Å². The molecular weight excluding hydrogens is 821 g/mol. The van der Waals surface area contributed by atoms with Crippen LogP contribution in [0.3, 0.4) is 0 Å². The van der Waals surface area contributed by atoms with E-state index in [0.717, 1.165) is 112 Å². The van der Waals surface area contributed by atoms with Gasteiger partial charge in [0.25, 0.3) is 6.71 Å². The molecule has 0 aliphatic carbocycles. The van der Waals surface area contributed by atoms with Gasteiger partial charge in [-0.15, -0.1) is 0 Å². The molecule has 0 fully saturated rings. The summed E-state index contributed by atoms with van der Waals surface area (Å²) in [4.78, 5) is 12.9. The van der Waals surface area contributed by atoms with Crippen molar-refractivity contribution in [2.45, 2.75) is 26.2 Å². The van der Waals surface area contributed by atoms with E-state index >= 15 is 0 Å². The summed E-state index contributed by atoms with van der Waals surface area (Å²) in [7, 11) is 0. The second kappa shape index (κ2) is 14.0. The molecule has 12 aromatic rings. The van der Waals surface area contributed by atoms with Gasteiger partial charge >= 0.3 is 0 Å². The lowest BCUT2D eigenvalue weighted by atomic mass is 9.35. The fourth-order valence-corrected chi connectivity index (χ4v) is 10.9. The molecule has 8 heteroatoms. The average Bonchev–Trinajstić information content (AvgIpc) is 4.06. The van der Waals surface area contributed by atoms with E-state index < -0.39 is 0 Å². The Morgan fingerprint density at radius 1 is 0.478 bits per heavy atom. The van der Waals surface area contributed by atoms with Crippen LogP contribution in [0.15, 0.2) is 209 Å². The Kier molecular flexibility index (Phi) is 7.91. The van der Waals surface area contributed by atoms with E-state index in [-0.39, 0.29) is 12.1 Å². The number of furan rings is 2. The molecule has 0 unspecified atom stereocenters. The minimum absolute atomic E-state index is 0.0932. The zero-order valence-electron chi connectivity index (χ0n) is 37.2. The number of para-hydroxylation sites is 6. The number of imidazole rings is 1. The van der Waals surface area contributed by atoms with E-state index in [4.69, 9.17) is 13.8 Å². The largest absolute Gasteiger partial charge is 0.454 e. The number of nitrogens with zero attached hydrogens (tertiary/aromatic N) is 5. The van der Waals surface area contributed by atoms with Crippen molar-refractivity contribution in [3.63, 3.8) is 0 Å². The van der Waals surface area contributed by atoms with Crippen molar-refractivity contribution in [3.05, 3.63) is 206 Å². The first kappa shape index (κ1) is 37.8. The van der Waals surface area contributed by atoms with Gasteiger partial charge in [-0.1, -0.05) is 136 Å². The van der Waals surface area contributed by atoms with Gasteiger partial charge in [0.2, 0.25) is 0 Å². The molecule has 0 radical (unpaired) electrons. The summed E-state index contributed by atoms with van der Waals surface area (Å²) in [5.41, 5.74) is 17.0. The summed E-state index contributed by atoms with van der Waals surface area (Å²) < 4.78 is 16.1. The van der Waals surface area contributed by atoms with E-state index in [1.165, 1.54) is 11.0 Å². The Morgan fingerprint density at radius 3 is 1.64 bits per heavy atom.